The second kappa shape index (κ2) is 7.17. The van der Waals surface area contributed by atoms with Crippen molar-refractivity contribution in [2.75, 3.05) is 39.3 Å². The summed E-state index contributed by atoms with van der Waals surface area (Å²) in [6, 6.07) is 0.201. The van der Waals surface area contributed by atoms with Crippen LogP contribution in [0.1, 0.15) is 20.8 Å². The summed E-state index contributed by atoms with van der Waals surface area (Å²) < 4.78 is 5.40. The zero-order chi connectivity index (χ0) is 17.2. The SMILES string of the molecule is C=CC(O)N1CC(N2CCN(C(=O)OC(C)(C)C)CC2CO)C1. The standard InChI is InChI=1S/C16H29N3O4/c1-5-14(21)18-8-12(9-18)19-7-6-17(10-13(19)11-20)15(22)23-16(2,3)4/h5,12-14,20-21H,1,6-11H2,2-4H3. The molecule has 2 fully saturated rings. The fraction of sp³-hybridized carbons (Fsp3) is 0.812. The summed E-state index contributed by atoms with van der Waals surface area (Å²) in [7, 11) is 0. The van der Waals surface area contributed by atoms with E-state index < -0.39 is 11.8 Å². The van der Waals surface area contributed by atoms with Crippen molar-refractivity contribution in [3.8, 4) is 0 Å². The fourth-order valence-electron chi connectivity index (χ4n) is 3.07. The largest absolute Gasteiger partial charge is 0.444 e. The number of hydrogen-bond donors (Lipinski definition) is 2. The summed E-state index contributed by atoms with van der Waals surface area (Å²) in [5, 5.41) is 19.4. The minimum atomic E-state index is -0.609. The number of piperazine rings is 1. The van der Waals surface area contributed by atoms with Gasteiger partial charge in [0, 0.05) is 38.8 Å². The van der Waals surface area contributed by atoms with Gasteiger partial charge in [-0.3, -0.25) is 9.80 Å². The number of nitrogens with zero attached hydrogens (tertiary/aromatic N) is 3. The average Bonchev–Trinajstić information content (AvgIpc) is 2.43. The van der Waals surface area contributed by atoms with E-state index in [1.807, 2.05) is 25.7 Å². The highest BCUT2D eigenvalue weighted by molar-refractivity contribution is 5.68. The first kappa shape index (κ1) is 18.2. The molecule has 0 bridgehead atoms. The van der Waals surface area contributed by atoms with E-state index in [0.29, 0.717) is 25.7 Å². The van der Waals surface area contributed by atoms with E-state index in [4.69, 9.17) is 4.74 Å². The summed E-state index contributed by atoms with van der Waals surface area (Å²) >= 11 is 0. The number of carbonyl (C=O) groups is 1. The molecule has 1 amide bonds. The number of ether oxygens (including phenoxy) is 1. The van der Waals surface area contributed by atoms with Crippen LogP contribution in [0.5, 0.6) is 0 Å². The molecule has 132 valence electrons. The Bertz CT molecular complexity index is 432. The average molecular weight is 327 g/mol. The van der Waals surface area contributed by atoms with Gasteiger partial charge in [-0.15, -0.1) is 0 Å². The van der Waals surface area contributed by atoms with Crippen LogP contribution in [0.25, 0.3) is 0 Å². The first-order chi connectivity index (χ1) is 10.7. The quantitative estimate of drug-likeness (QED) is 0.713. The first-order valence-corrected chi connectivity index (χ1v) is 8.14. The number of rotatable bonds is 4. The highest BCUT2D eigenvalue weighted by Crippen LogP contribution is 2.23. The zero-order valence-electron chi connectivity index (χ0n) is 14.3. The van der Waals surface area contributed by atoms with Gasteiger partial charge in [-0.1, -0.05) is 6.58 Å². The predicted octanol–water partition coefficient (Wildman–Crippen LogP) is 0.0886. The number of likely N-dealkylation sites (tertiary alicyclic amines) is 1. The van der Waals surface area contributed by atoms with E-state index in [9.17, 15) is 15.0 Å². The molecule has 0 spiro atoms. The normalized spacial score (nSPS) is 25.8. The summed E-state index contributed by atoms with van der Waals surface area (Å²) in [5.74, 6) is 0. The summed E-state index contributed by atoms with van der Waals surface area (Å²) in [5.41, 5.74) is -0.516. The monoisotopic (exact) mass is 327 g/mol. The molecule has 0 aromatic rings. The molecule has 2 N–H and O–H groups in total. The zero-order valence-corrected chi connectivity index (χ0v) is 14.3. The van der Waals surface area contributed by atoms with Crippen LogP contribution in [0.15, 0.2) is 12.7 Å². The summed E-state index contributed by atoms with van der Waals surface area (Å²) in [4.78, 5) is 18.0. The van der Waals surface area contributed by atoms with Gasteiger partial charge in [0.05, 0.1) is 12.6 Å². The molecule has 2 heterocycles. The van der Waals surface area contributed by atoms with E-state index >= 15 is 0 Å². The Morgan fingerprint density at radius 2 is 2.00 bits per heavy atom. The van der Waals surface area contributed by atoms with E-state index in [1.165, 1.54) is 6.08 Å². The van der Waals surface area contributed by atoms with Gasteiger partial charge < -0.3 is 19.8 Å². The highest BCUT2D eigenvalue weighted by atomic mass is 16.6. The molecule has 0 aromatic carbocycles. The fourth-order valence-corrected chi connectivity index (χ4v) is 3.07. The maximum atomic E-state index is 12.2. The Hall–Kier alpha value is -1.15. The van der Waals surface area contributed by atoms with E-state index in [1.54, 1.807) is 4.90 Å². The Kier molecular flexibility index (Phi) is 5.67. The van der Waals surface area contributed by atoms with Crippen LogP contribution in [0.4, 0.5) is 4.79 Å². The van der Waals surface area contributed by atoms with Crippen molar-refractivity contribution < 1.29 is 19.7 Å². The Morgan fingerprint density at radius 3 is 2.52 bits per heavy atom. The lowest BCUT2D eigenvalue weighted by atomic mass is 10.0. The molecule has 0 aromatic heterocycles. The van der Waals surface area contributed by atoms with Crippen molar-refractivity contribution >= 4 is 6.09 Å². The van der Waals surface area contributed by atoms with Crippen LogP contribution in [0.2, 0.25) is 0 Å². The van der Waals surface area contributed by atoms with Gasteiger partial charge in [0.2, 0.25) is 0 Å². The first-order valence-electron chi connectivity index (χ1n) is 8.14. The lowest BCUT2D eigenvalue weighted by Crippen LogP contribution is -2.68. The van der Waals surface area contributed by atoms with Crippen molar-refractivity contribution in [2.45, 2.75) is 44.7 Å². The lowest BCUT2D eigenvalue weighted by molar-refractivity contribution is -0.0888. The van der Waals surface area contributed by atoms with E-state index in [-0.39, 0.29) is 18.7 Å². The van der Waals surface area contributed by atoms with E-state index in [2.05, 4.69) is 11.5 Å². The van der Waals surface area contributed by atoms with Crippen LogP contribution >= 0.6 is 0 Å². The third-order valence-corrected chi connectivity index (χ3v) is 4.34. The third-order valence-electron chi connectivity index (χ3n) is 4.34. The third kappa shape index (κ3) is 4.44. The van der Waals surface area contributed by atoms with Crippen LogP contribution in [0, 0.1) is 0 Å². The molecule has 7 nitrogen and oxygen atoms in total. The van der Waals surface area contributed by atoms with Gasteiger partial charge in [-0.05, 0) is 26.8 Å². The van der Waals surface area contributed by atoms with Crippen molar-refractivity contribution in [1.82, 2.24) is 14.7 Å². The van der Waals surface area contributed by atoms with Gasteiger partial charge >= 0.3 is 6.09 Å². The molecule has 7 heteroatoms. The molecule has 0 aliphatic carbocycles. The molecule has 23 heavy (non-hydrogen) atoms. The molecule has 2 aliphatic heterocycles. The van der Waals surface area contributed by atoms with Crippen LogP contribution in [-0.4, -0.2) is 94.2 Å². The highest BCUT2D eigenvalue weighted by Gasteiger charge is 2.40. The van der Waals surface area contributed by atoms with Gasteiger partial charge in [-0.2, -0.15) is 0 Å². The van der Waals surface area contributed by atoms with E-state index in [0.717, 1.165) is 13.1 Å². The Morgan fingerprint density at radius 1 is 1.35 bits per heavy atom. The van der Waals surface area contributed by atoms with Crippen molar-refractivity contribution in [2.24, 2.45) is 0 Å². The number of carbonyl (C=O) groups excluding carboxylic acids is 1. The van der Waals surface area contributed by atoms with Crippen molar-refractivity contribution in [1.29, 1.82) is 0 Å². The molecular formula is C16H29N3O4. The van der Waals surface area contributed by atoms with Gasteiger partial charge in [-0.25, -0.2) is 4.79 Å². The van der Waals surface area contributed by atoms with Gasteiger partial charge in [0.25, 0.3) is 0 Å². The van der Waals surface area contributed by atoms with Crippen LogP contribution in [0.3, 0.4) is 0 Å². The molecule has 2 saturated heterocycles. The second-order valence-corrected chi connectivity index (χ2v) is 7.26. The Balaban J connectivity index is 1.88. The van der Waals surface area contributed by atoms with Crippen molar-refractivity contribution in [3.63, 3.8) is 0 Å². The molecule has 2 unspecified atom stereocenters. The second-order valence-electron chi connectivity index (χ2n) is 7.26. The minimum absolute atomic E-state index is 0.000189. The number of hydrogen-bond acceptors (Lipinski definition) is 6. The van der Waals surface area contributed by atoms with Gasteiger partial charge in [0.1, 0.15) is 11.8 Å². The molecule has 0 radical (unpaired) electrons. The molecular weight excluding hydrogens is 298 g/mol. The summed E-state index contributed by atoms with van der Waals surface area (Å²) in [6.07, 6.45) is 0.579. The maximum absolute atomic E-state index is 12.2. The number of aliphatic hydroxyl groups excluding tert-OH is 2. The smallest absolute Gasteiger partial charge is 0.410 e. The van der Waals surface area contributed by atoms with Crippen LogP contribution in [-0.2, 0) is 4.74 Å². The topological polar surface area (TPSA) is 76.5 Å². The molecule has 2 rings (SSSR count). The maximum Gasteiger partial charge on any atom is 0.410 e. The molecule has 2 aliphatic rings. The molecule has 0 saturated carbocycles. The lowest BCUT2D eigenvalue weighted by Gasteiger charge is -2.51. The van der Waals surface area contributed by atoms with Crippen molar-refractivity contribution in [3.05, 3.63) is 12.7 Å². The number of amides is 1. The minimum Gasteiger partial charge on any atom is -0.444 e. The number of aliphatic hydroxyl groups is 2. The predicted molar refractivity (Wildman–Crippen MR) is 87.0 cm³/mol. The van der Waals surface area contributed by atoms with Crippen LogP contribution < -0.4 is 0 Å². The molecule has 2 atom stereocenters. The summed E-state index contributed by atoms with van der Waals surface area (Å²) in [6.45, 7) is 12.4. The van der Waals surface area contributed by atoms with Gasteiger partial charge in [0.15, 0.2) is 0 Å². The Labute approximate surface area is 138 Å².